The number of ether oxygens (including phenoxy) is 1. The molecule has 3 aliphatic rings. The first-order valence-corrected chi connectivity index (χ1v) is 9.51. The second kappa shape index (κ2) is 7.63. The third-order valence-electron chi connectivity index (χ3n) is 5.85. The molecule has 4 amide bonds. The number of imide groups is 1. The fourth-order valence-corrected chi connectivity index (χ4v) is 4.19. The molecule has 0 unspecified atom stereocenters. The minimum Gasteiger partial charge on any atom is -0.454 e. The number of nitrogens with one attached hydrogen (secondary N) is 1. The first-order chi connectivity index (χ1) is 12.4. The Bertz CT molecular complexity index is 602. The summed E-state index contributed by atoms with van der Waals surface area (Å²) in [7, 11) is 0. The maximum atomic E-state index is 12.8. The third-order valence-corrected chi connectivity index (χ3v) is 5.85. The van der Waals surface area contributed by atoms with Crippen molar-refractivity contribution < 1.29 is 23.9 Å². The van der Waals surface area contributed by atoms with Crippen LogP contribution in [0.25, 0.3) is 0 Å². The van der Waals surface area contributed by atoms with Crippen LogP contribution in [0.3, 0.4) is 0 Å². The minimum atomic E-state index is -0.890. The first kappa shape index (κ1) is 18.7. The van der Waals surface area contributed by atoms with Crippen molar-refractivity contribution in [3.05, 3.63) is 0 Å². The van der Waals surface area contributed by atoms with E-state index in [1.54, 1.807) is 4.90 Å². The quantitative estimate of drug-likeness (QED) is 0.593. The molecule has 2 heterocycles. The Morgan fingerprint density at radius 3 is 2.58 bits per heavy atom. The molecule has 0 aromatic carbocycles. The molecule has 3 fully saturated rings. The molecular formula is C18H27N3O5. The van der Waals surface area contributed by atoms with E-state index >= 15 is 0 Å². The van der Waals surface area contributed by atoms with E-state index in [9.17, 15) is 19.2 Å². The lowest BCUT2D eigenvalue weighted by Gasteiger charge is -2.36. The first-order valence-electron chi connectivity index (χ1n) is 9.51. The van der Waals surface area contributed by atoms with Crippen molar-refractivity contribution in [2.75, 3.05) is 26.2 Å². The summed E-state index contributed by atoms with van der Waals surface area (Å²) in [6.45, 7) is 2.53. The molecule has 144 valence electrons. The lowest BCUT2D eigenvalue weighted by Crippen LogP contribution is -2.54. The Morgan fingerprint density at radius 1 is 1.15 bits per heavy atom. The van der Waals surface area contributed by atoms with Gasteiger partial charge in [0.1, 0.15) is 12.1 Å². The monoisotopic (exact) mass is 365 g/mol. The van der Waals surface area contributed by atoms with E-state index in [0.717, 1.165) is 43.4 Å². The number of esters is 1. The summed E-state index contributed by atoms with van der Waals surface area (Å²) in [5.41, 5.74) is -0.890. The number of rotatable bonds is 4. The van der Waals surface area contributed by atoms with Crippen molar-refractivity contribution in [1.29, 1.82) is 0 Å². The lowest BCUT2D eigenvalue weighted by atomic mass is 9.73. The van der Waals surface area contributed by atoms with Crippen molar-refractivity contribution in [2.24, 2.45) is 5.92 Å². The molecule has 1 N–H and O–H groups in total. The predicted molar refractivity (Wildman–Crippen MR) is 92.0 cm³/mol. The van der Waals surface area contributed by atoms with Gasteiger partial charge in [-0.1, -0.05) is 19.8 Å². The van der Waals surface area contributed by atoms with E-state index in [1.807, 2.05) is 6.92 Å². The molecule has 0 bridgehead atoms. The van der Waals surface area contributed by atoms with Crippen molar-refractivity contribution in [2.45, 2.75) is 57.4 Å². The molecule has 1 aliphatic carbocycles. The predicted octanol–water partition coefficient (Wildman–Crippen LogP) is 1.04. The molecule has 1 saturated carbocycles. The Hall–Kier alpha value is -2.12. The molecule has 8 heteroatoms. The molecule has 0 aromatic heterocycles. The van der Waals surface area contributed by atoms with E-state index in [-0.39, 0.29) is 24.3 Å². The van der Waals surface area contributed by atoms with Gasteiger partial charge in [-0.15, -0.1) is 0 Å². The van der Waals surface area contributed by atoms with Crippen LogP contribution in [0.1, 0.15) is 51.9 Å². The maximum absolute atomic E-state index is 12.8. The number of hydrogen-bond acceptors (Lipinski definition) is 5. The van der Waals surface area contributed by atoms with Gasteiger partial charge in [-0.05, 0) is 38.0 Å². The average molecular weight is 365 g/mol. The molecule has 2 aliphatic heterocycles. The number of carbonyl (C=O) groups is 4. The summed E-state index contributed by atoms with van der Waals surface area (Å²) in [5, 5.41) is 2.80. The van der Waals surface area contributed by atoms with E-state index in [2.05, 4.69) is 5.32 Å². The SMILES string of the molecule is C[C@H]1CCCC[C@@]12NC(=O)N(CC(=O)OCC(=O)N1CCCCC1)C2=O. The molecule has 0 radical (unpaired) electrons. The molecule has 1 spiro atoms. The van der Waals surface area contributed by atoms with Crippen molar-refractivity contribution in [1.82, 2.24) is 15.1 Å². The van der Waals surface area contributed by atoms with Crippen LogP contribution in [-0.4, -0.2) is 65.4 Å². The minimum absolute atomic E-state index is 0.0365. The average Bonchev–Trinajstić information content (AvgIpc) is 2.88. The summed E-state index contributed by atoms with van der Waals surface area (Å²) >= 11 is 0. The van der Waals surface area contributed by atoms with Crippen LogP contribution in [0.15, 0.2) is 0 Å². The second-order valence-electron chi connectivity index (χ2n) is 7.54. The van der Waals surface area contributed by atoms with Crippen LogP contribution in [0.5, 0.6) is 0 Å². The van der Waals surface area contributed by atoms with Crippen molar-refractivity contribution in [3.63, 3.8) is 0 Å². The molecule has 2 saturated heterocycles. The summed E-state index contributed by atoms with van der Waals surface area (Å²) in [6.07, 6.45) is 6.40. The molecular weight excluding hydrogens is 338 g/mol. The highest BCUT2D eigenvalue weighted by Crippen LogP contribution is 2.38. The number of hydrogen-bond donors (Lipinski definition) is 1. The van der Waals surface area contributed by atoms with Crippen LogP contribution >= 0.6 is 0 Å². The van der Waals surface area contributed by atoms with Crippen LogP contribution < -0.4 is 5.32 Å². The van der Waals surface area contributed by atoms with Gasteiger partial charge in [0, 0.05) is 13.1 Å². The summed E-state index contributed by atoms with van der Waals surface area (Å²) in [5.74, 6) is -1.28. The molecule has 8 nitrogen and oxygen atoms in total. The summed E-state index contributed by atoms with van der Waals surface area (Å²) in [4.78, 5) is 51.7. The zero-order chi connectivity index (χ0) is 18.7. The van der Waals surface area contributed by atoms with E-state index < -0.39 is 24.1 Å². The lowest BCUT2D eigenvalue weighted by molar-refractivity contribution is -0.154. The number of nitrogens with zero attached hydrogens (tertiary/aromatic N) is 2. The van der Waals surface area contributed by atoms with Gasteiger partial charge in [0.05, 0.1) is 0 Å². The number of urea groups is 1. The number of likely N-dealkylation sites (tertiary alicyclic amines) is 1. The van der Waals surface area contributed by atoms with Crippen molar-refractivity contribution in [3.8, 4) is 0 Å². The maximum Gasteiger partial charge on any atom is 0.326 e. The fraction of sp³-hybridized carbons (Fsp3) is 0.778. The molecule has 0 aromatic rings. The smallest absolute Gasteiger partial charge is 0.326 e. The van der Waals surface area contributed by atoms with Crippen LogP contribution in [0.2, 0.25) is 0 Å². The Kier molecular flexibility index (Phi) is 5.48. The highest BCUT2D eigenvalue weighted by atomic mass is 16.5. The van der Waals surface area contributed by atoms with Gasteiger partial charge in [-0.25, -0.2) is 4.79 Å². The largest absolute Gasteiger partial charge is 0.454 e. The van der Waals surface area contributed by atoms with E-state index in [0.29, 0.717) is 19.5 Å². The summed E-state index contributed by atoms with van der Waals surface area (Å²) in [6, 6.07) is -0.553. The van der Waals surface area contributed by atoms with Crippen LogP contribution in [0.4, 0.5) is 4.79 Å². The Labute approximate surface area is 153 Å². The van der Waals surface area contributed by atoms with Gasteiger partial charge in [0.25, 0.3) is 11.8 Å². The zero-order valence-electron chi connectivity index (χ0n) is 15.3. The van der Waals surface area contributed by atoms with Gasteiger partial charge in [0.2, 0.25) is 0 Å². The van der Waals surface area contributed by atoms with Gasteiger partial charge in [0.15, 0.2) is 6.61 Å². The van der Waals surface area contributed by atoms with E-state index in [1.165, 1.54) is 0 Å². The standard InChI is InChI=1S/C18H27N3O5/c1-13-7-3-4-8-18(13)16(24)21(17(25)19-18)11-15(23)26-12-14(22)20-9-5-2-6-10-20/h13H,2-12H2,1H3,(H,19,25)/t13-,18+/m0/s1. The van der Waals surface area contributed by atoms with Gasteiger partial charge < -0.3 is 15.0 Å². The highest BCUT2D eigenvalue weighted by Gasteiger charge is 2.55. The number of amides is 4. The molecule has 2 atom stereocenters. The van der Waals surface area contributed by atoms with Gasteiger partial charge >= 0.3 is 12.0 Å². The number of piperidine rings is 1. The normalized spacial score (nSPS) is 29.0. The number of carbonyl (C=O) groups excluding carboxylic acids is 4. The van der Waals surface area contributed by atoms with E-state index in [4.69, 9.17) is 4.74 Å². The van der Waals surface area contributed by atoms with Gasteiger partial charge in [-0.3, -0.25) is 19.3 Å². The van der Waals surface area contributed by atoms with Crippen molar-refractivity contribution >= 4 is 23.8 Å². The van der Waals surface area contributed by atoms with Crippen LogP contribution in [0, 0.1) is 5.92 Å². The molecule has 26 heavy (non-hydrogen) atoms. The van der Waals surface area contributed by atoms with Crippen LogP contribution in [-0.2, 0) is 19.1 Å². The fourth-order valence-electron chi connectivity index (χ4n) is 4.19. The second-order valence-corrected chi connectivity index (χ2v) is 7.54. The topological polar surface area (TPSA) is 96.0 Å². The third kappa shape index (κ3) is 3.54. The summed E-state index contributed by atoms with van der Waals surface area (Å²) < 4.78 is 5.01. The highest BCUT2D eigenvalue weighted by molar-refractivity contribution is 6.09. The zero-order valence-corrected chi connectivity index (χ0v) is 15.3. The van der Waals surface area contributed by atoms with Gasteiger partial charge in [-0.2, -0.15) is 0 Å². The Balaban J connectivity index is 1.53. The Morgan fingerprint density at radius 2 is 1.88 bits per heavy atom. The molecule has 3 rings (SSSR count).